The molecule has 0 aliphatic carbocycles. The third-order valence-corrected chi connectivity index (χ3v) is 5.11. The Hall–Kier alpha value is -4.06. The molecule has 0 bridgehead atoms. The van der Waals surface area contributed by atoms with Crippen LogP contribution in [-0.2, 0) is 9.59 Å². The normalized spacial score (nSPS) is 10.8. The van der Waals surface area contributed by atoms with E-state index in [2.05, 4.69) is 0 Å². The molecule has 0 aromatic heterocycles. The van der Waals surface area contributed by atoms with E-state index in [0.29, 0.717) is 36.2 Å². The number of ketones is 2. The lowest BCUT2D eigenvalue weighted by atomic mass is 10.1. The lowest BCUT2D eigenvalue weighted by Crippen LogP contribution is -2.02. The van der Waals surface area contributed by atoms with E-state index < -0.39 is 0 Å². The van der Waals surface area contributed by atoms with Gasteiger partial charge in [-0.15, -0.1) is 0 Å². The van der Waals surface area contributed by atoms with E-state index in [-0.39, 0.29) is 18.0 Å². The third kappa shape index (κ3) is 10.6. The van der Waals surface area contributed by atoms with E-state index >= 15 is 0 Å². The van der Waals surface area contributed by atoms with Crippen LogP contribution in [0.4, 0.5) is 0 Å². The second-order valence-corrected chi connectivity index (χ2v) is 8.78. The van der Waals surface area contributed by atoms with E-state index in [9.17, 15) is 9.59 Å². The molecule has 37 heavy (non-hydrogen) atoms. The fraction of sp³-hybridized carbons (Fsp3) is 0.290. The van der Waals surface area contributed by atoms with Crippen molar-refractivity contribution in [3.63, 3.8) is 0 Å². The molecule has 0 aliphatic heterocycles. The van der Waals surface area contributed by atoms with Gasteiger partial charge in [0.1, 0.15) is 13.2 Å². The average molecular weight is 505 g/mol. The summed E-state index contributed by atoms with van der Waals surface area (Å²) in [5.74, 6) is 1.79. The monoisotopic (exact) mass is 504 g/mol. The molecule has 0 fully saturated rings. The smallest absolute Gasteiger partial charge is 0.163 e. The zero-order valence-corrected chi connectivity index (χ0v) is 22.5. The number of hydrogen-bond acceptors (Lipinski definition) is 6. The van der Waals surface area contributed by atoms with E-state index in [4.69, 9.17) is 18.9 Å². The Morgan fingerprint density at radius 2 is 1.05 bits per heavy atom. The van der Waals surface area contributed by atoms with Crippen LogP contribution in [0.2, 0.25) is 0 Å². The Bertz CT molecular complexity index is 1100. The molecule has 6 nitrogen and oxygen atoms in total. The molecule has 0 unspecified atom stereocenters. The molecule has 196 valence electrons. The summed E-state index contributed by atoms with van der Waals surface area (Å²) in [6, 6.07) is 10.8. The topological polar surface area (TPSA) is 71.1 Å². The Balaban J connectivity index is 1.95. The molecule has 6 heteroatoms. The van der Waals surface area contributed by atoms with E-state index in [1.54, 1.807) is 50.6 Å². The second-order valence-electron chi connectivity index (χ2n) is 8.78. The van der Waals surface area contributed by atoms with Gasteiger partial charge in [0.25, 0.3) is 0 Å². The summed E-state index contributed by atoms with van der Waals surface area (Å²) in [6.07, 6.45) is 9.82. The highest BCUT2D eigenvalue weighted by molar-refractivity contribution is 6.10. The van der Waals surface area contributed by atoms with Gasteiger partial charge in [0.05, 0.1) is 20.6 Å². The maximum absolute atomic E-state index is 12.3. The first-order chi connectivity index (χ1) is 17.7. The number of methoxy groups -OCH3 is 2. The summed E-state index contributed by atoms with van der Waals surface area (Å²) in [6.45, 7) is 8.91. The Morgan fingerprint density at radius 1 is 0.649 bits per heavy atom. The highest BCUT2D eigenvalue weighted by Crippen LogP contribution is 2.29. The van der Waals surface area contributed by atoms with Gasteiger partial charge in [-0.2, -0.15) is 0 Å². The zero-order valence-electron chi connectivity index (χ0n) is 22.5. The molecular formula is C31H36O6. The predicted octanol–water partition coefficient (Wildman–Crippen LogP) is 6.65. The van der Waals surface area contributed by atoms with Gasteiger partial charge in [0.15, 0.2) is 34.6 Å². The van der Waals surface area contributed by atoms with Crippen molar-refractivity contribution in [3.05, 3.63) is 83.0 Å². The number of allylic oxidation sites excluding steroid dienone is 4. The van der Waals surface area contributed by atoms with Gasteiger partial charge < -0.3 is 18.9 Å². The number of benzene rings is 2. The van der Waals surface area contributed by atoms with Crippen molar-refractivity contribution in [1.29, 1.82) is 0 Å². The van der Waals surface area contributed by atoms with E-state index in [1.807, 2.05) is 52.0 Å². The van der Waals surface area contributed by atoms with Crippen molar-refractivity contribution < 1.29 is 28.5 Å². The number of rotatable bonds is 14. The van der Waals surface area contributed by atoms with Crippen LogP contribution in [0, 0.1) is 0 Å². The first-order valence-electron chi connectivity index (χ1n) is 12.0. The van der Waals surface area contributed by atoms with Crippen LogP contribution in [-0.4, -0.2) is 39.0 Å². The van der Waals surface area contributed by atoms with Crippen molar-refractivity contribution in [1.82, 2.24) is 0 Å². The summed E-state index contributed by atoms with van der Waals surface area (Å²) in [5.41, 5.74) is 3.86. The number of carbonyl (C=O) groups is 2. The first kappa shape index (κ1) is 29.2. The summed E-state index contributed by atoms with van der Waals surface area (Å²) >= 11 is 0. The van der Waals surface area contributed by atoms with Gasteiger partial charge in [0.2, 0.25) is 0 Å². The van der Waals surface area contributed by atoms with Crippen LogP contribution in [0.1, 0.15) is 45.2 Å². The first-order valence-corrected chi connectivity index (χ1v) is 12.0. The molecule has 0 saturated carbocycles. The van der Waals surface area contributed by atoms with Crippen molar-refractivity contribution >= 4 is 23.7 Å². The predicted molar refractivity (Wildman–Crippen MR) is 149 cm³/mol. The fourth-order valence-electron chi connectivity index (χ4n) is 3.08. The quantitative estimate of drug-likeness (QED) is 0.163. The minimum Gasteiger partial charge on any atom is -0.493 e. The summed E-state index contributed by atoms with van der Waals surface area (Å²) in [5, 5.41) is 0. The SMILES string of the molecule is COc1cc(/C=C/C(=O)CC(=O)/C=C/c2ccc(OCC=C(C)C)c(OC)c2)ccc1OCC=C(C)C. The van der Waals surface area contributed by atoms with E-state index in [0.717, 1.165) is 11.1 Å². The van der Waals surface area contributed by atoms with Crippen molar-refractivity contribution in [2.24, 2.45) is 0 Å². The number of ether oxygens (including phenoxy) is 4. The van der Waals surface area contributed by atoms with Gasteiger partial charge in [0, 0.05) is 0 Å². The molecule has 2 rings (SSSR count). The van der Waals surface area contributed by atoms with Crippen molar-refractivity contribution in [2.45, 2.75) is 34.1 Å². The molecule has 0 spiro atoms. The molecule has 0 saturated heterocycles. The Kier molecular flexibility index (Phi) is 11.9. The molecule has 0 heterocycles. The molecule has 2 aromatic carbocycles. The minimum atomic E-state index is -0.293. The summed E-state index contributed by atoms with van der Waals surface area (Å²) < 4.78 is 22.2. The second kappa shape index (κ2) is 15.1. The maximum atomic E-state index is 12.3. The minimum absolute atomic E-state index is 0.227. The van der Waals surface area contributed by atoms with E-state index in [1.165, 1.54) is 23.3 Å². The van der Waals surface area contributed by atoms with Gasteiger partial charge in [-0.05, 0) is 87.4 Å². The van der Waals surface area contributed by atoms with Gasteiger partial charge >= 0.3 is 0 Å². The van der Waals surface area contributed by atoms with Gasteiger partial charge in [-0.3, -0.25) is 9.59 Å². The fourth-order valence-corrected chi connectivity index (χ4v) is 3.08. The molecule has 2 aromatic rings. The molecule has 0 aliphatic rings. The van der Waals surface area contributed by atoms with Crippen LogP contribution in [0.15, 0.2) is 71.8 Å². The highest BCUT2D eigenvalue weighted by atomic mass is 16.5. The summed E-state index contributed by atoms with van der Waals surface area (Å²) in [4.78, 5) is 24.6. The lowest BCUT2D eigenvalue weighted by Gasteiger charge is -2.10. The molecule has 0 atom stereocenters. The third-order valence-electron chi connectivity index (χ3n) is 5.11. The molecule has 0 amide bonds. The van der Waals surface area contributed by atoms with Crippen molar-refractivity contribution in [2.75, 3.05) is 27.4 Å². The largest absolute Gasteiger partial charge is 0.493 e. The van der Waals surface area contributed by atoms with Gasteiger partial charge in [-0.25, -0.2) is 0 Å². The number of carbonyl (C=O) groups excluding carboxylic acids is 2. The molecule has 0 N–H and O–H groups in total. The lowest BCUT2D eigenvalue weighted by molar-refractivity contribution is -0.121. The standard InChI is InChI=1S/C31H36O6/c1-22(2)15-17-36-28-13-9-24(19-30(28)34-5)7-11-26(32)21-27(33)12-8-25-10-14-29(31(20-25)35-6)37-18-16-23(3)4/h7-16,19-20H,17-18,21H2,1-6H3/b11-7+,12-8+. The van der Waals surface area contributed by atoms with Crippen molar-refractivity contribution in [3.8, 4) is 23.0 Å². The molecule has 0 radical (unpaired) electrons. The Labute approximate surface area is 219 Å². The highest BCUT2D eigenvalue weighted by Gasteiger charge is 2.08. The summed E-state index contributed by atoms with van der Waals surface area (Å²) in [7, 11) is 3.13. The van der Waals surface area contributed by atoms with Gasteiger partial charge in [-0.1, -0.05) is 35.4 Å². The average Bonchev–Trinajstić information content (AvgIpc) is 2.86. The Morgan fingerprint density at radius 3 is 1.41 bits per heavy atom. The number of hydrogen-bond donors (Lipinski definition) is 0. The maximum Gasteiger partial charge on any atom is 0.163 e. The van der Waals surface area contributed by atoms with Crippen LogP contribution in [0.25, 0.3) is 12.2 Å². The molecular weight excluding hydrogens is 468 g/mol. The zero-order chi connectivity index (χ0) is 27.2. The van der Waals surface area contributed by atoms with Crippen LogP contribution in [0.5, 0.6) is 23.0 Å². The van der Waals surface area contributed by atoms with Crippen LogP contribution in [0.3, 0.4) is 0 Å². The van der Waals surface area contributed by atoms with Crippen LogP contribution < -0.4 is 18.9 Å². The van der Waals surface area contributed by atoms with Crippen LogP contribution >= 0.6 is 0 Å².